The van der Waals surface area contributed by atoms with Gasteiger partial charge in [-0.15, -0.1) is 11.8 Å². The molecule has 1 saturated heterocycles. The number of thioether (sulfide) groups is 1. The number of benzene rings is 2. The maximum absolute atomic E-state index is 13.6. The van der Waals surface area contributed by atoms with Crippen molar-refractivity contribution in [1.82, 2.24) is 15.5 Å². The molecule has 3 rings (SSSR count). The Hall–Kier alpha value is -3.51. The summed E-state index contributed by atoms with van der Waals surface area (Å²) in [4.78, 5) is 40.9. The summed E-state index contributed by atoms with van der Waals surface area (Å²) in [6, 6.07) is 11.1. The number of carbonyl (C=O) groups is 3. The molecule has 1 heterocycles. The first-order valence-electron chi connectivity index (χ1n) is 12.5. The lowest BCUT2D eigenvalue weighted by atomic mass is 9.96. The number of carbonyl (C=O) groups excluding carboxylic acids is 3. The van der Waals surface area contributed by atoms with Gasteiger partial charge in [0, 0.05) is 28.5 Å². The van der Waals surface area contributed by atoms with Gasteiger partial charge in [0.1, 0.15) is 11.8 Å². The number of allylic oxidation sites excluding steroid dienone is 1. The number of phenolic OH excluding ortho intramolecular Hbond substituents is 1. The molecule has 1 fully saturated rings. The Labute approximate surface area is 234 Å². The number of rotatable bonds is 9. The zero-order chi connectivity index (χ0) is 29.7. The summed E-state index contributed by atoms with van der Waals surface area (Å²) < 4.78 is 36.4. The summed E-state index contributed by atoms with van der Waals surface area (Å²) in [7, 11) is 0. The number of phenols is 1. The van der Waals surface area contributed by atoms with Gasteiger partial charge in [0.25, 0.3) is 11.8 Å². The highest BCUT2D eigenvalue weighted by Crippen LogP contribution is 2.40. The van der Waals surface area contributed by atoms with Gasteiger partial charge in [-0.1, -0.05) is 42.5 Å². The van der Waals surface area contributed by atoms with Gasteiger partial charge in [-0.2, -0.15) is 13.2 Å². The Morgan fingerprint density at radius 2 is 1.82 bits per heavy atom. The molecule has 2 aromatic carbocycles. The molecule has 0 bridgehead atoms. The van der Waals surface area contributed by atoms with E-state index in [0.29, 0.717) is 5.56 Å². The molecular formula is C28H32F3N3O5S. The van der Waals surface area contributed by atoms with E-state index in [1.807, 2.05) is 0 Å². The molecule has 12 heteroatoms. The first-order valence-corrected chi connectivity index (χ1v) is 13.5. The smallest absolute Gasteiger partial charge is 0.409 e. The molecule has 1 aliphatic rings. The first-order chi connectivity index (χ1) is 18.7. The summed E-state index contributed by atoms with van der Waals surface area (Å²) in [5.41, 5.74) is 1.22. The van der Waals surface area contributed by atoms with Crippen LogP contribution in [0.2, 0.25) is 0 Å². The number of hydrogen-bond acceptors (Lipinski definition) is 6. The van der Waals surface area contributed by atoms with Crippen LogP contribution in [0.5, 0.6) is 5.75 Å². The lowest BCUT2D eigenvalue weighted by molar-refractivity contribution is -0.147. The van der Waals surface area contributed by atoms with Crippen molar-refractivity contribution in [3.8, 4) is 5.75 Å². The van der Waals surface area contributed by atoms with Crippen LogP contribution < -0.4 is 10.6 Å². The summed E-state index contributed by atoms with van der Waals surface area (Å²) in [5.74, 6) is -2.11. The molecule has 0 radical (unpaired) electrons. The summed E-state index contributed by atoms with van der Waals surface area (Å²) in [5, 5.41) is 26.4. The van der Waals surface area contributed by atoms with E-state index in [1.165, 1.54) is 34.9 Å². The Kier molecular flexibility index (Phi) is 9.91. The molecule has 4 N–H and O–H groups in total. The lowest BCUT2D eigenvalue weighted by Gasteiger charge is -2.33. The fourth-order valence-corrected chi connectivity index (χ4v) is 5.57. The third-order valence-electron chi connectivity index (χ3n) is 6.58. The van der Waals surface area contributed by atoms with E-state index < -0.39 is 53.4 Å². The fourth-order valence-electron chi connectivity index (χ4n) is 4.43. The van der Waals surface area contributed by atoms with Crippen molar-refractivity contribution >= 4 is 29.5 Å². The maximum atomic E-state index is 13.6. The van der Waals surface area contributed by atoms with Gasteiger partial charge in [0.2, 0.25) is 5.91 Å². The molecule has 3 amide bonds. The van der Waals surface area contributed by atoms with E-state index in [1.54, 1.807) is 51.1 Å². The number of aliphatic hydroxyl groups is 1. The molecule has 0 saturated carbocycles. The predicted molar refractivity (Wildman–Crippen MR) is 146 cm³/mol. The summed E-state index contributed by atoms with van der Waals surface area (Å²) in [6.45, 7) is 4.62. The molecule has 0 unspecified atom stereocenters. The lowest BCUT2D eigenvalue weighted by Crippen LogP contribution is -2.58. The number of alkyl halides is 3. The van der Waals surface area contributed by atoms with Crippen LogP contribution in [-0.4, -0.2) is 74.4 Å². The van der Waals surface area contributed by atoms with E-state index >= 15 is 0 Å². The van der Waals surface area contributed by atoms with Crippen molar-refractivity contribution in [2.75, 3.05) is 12.4 Å². The maximum Gasteiger partial charge on any atom is 0.409 e. The molecular weight excluding hydrogens is 547 g/mol. The summed E-state index contributed by atoms with van der Waals surface area (Å²) in [6.07, 6.45) is -5.41. The second-order valence-corrected chi connectivity index (χ2v) is 11.5. The minimum absolute atomic E-state index is 0.0134. The van der Waals surface area contributed by atoms with E-state index in [-0.39, 0.29) is 29.7 Å². The third-order valence-corrected chi connectivity index (χ3v) is 7.95. The Balaban J connectivity index is 1.83. The first kappa shape index (κ1) is 31.0. The second-order valence-electron chi connectivity index (χ2n) is 9.94. The van der Waals surface area contributed by atoms with E-state index in [9.17, 15) is 37.8 Å². The largest absolute Gasteiger partial charge is 0.508 e. The average molecular weight is 580 g/mol. The van der Waals surface area contributed by atoms with Gasteiger partial charge >= 0.3 is 6.18 Å². The zero-order valence-corrected chi connectivity index (χ0v) is 23.1. The molecule has 0 aliphatic carbocycles. The molecule has 0 spiro atoms. The van der Waals surface area contributed by atoms with Crippen LogP contribution in [0.15, 0.2) is 60.7 Å². The van der Waals surface area contributed by atoms with E-state index in [2.05, 4.69) is 10.6 Å². The van der Waals surface area contributed by atoms with Crippen molar-refractivity contribution in [3.05, 3.63) is 77.4 Å². The Morgan fingerprint density at radius 1 is 1.15 bits per heavy atom. The number of nitrogens with one attached hydrogen (secondary N) is 2. The van der Waals surface area contributed by atoms with Gasteiger partial charge < -0.3 is 25.7 Å². The number of halogens is 3. The van der Waals surface area contributed by atoms with Crippen LogP contribution in [0.25, 0.3) is 0 Å². The van der Waals surface area contributed by atoms with Gasteiger partial charge in [0.05, 0.1) is 11.9 Å². The van der Waals surface area contributed by atoms with Crippen LogP contribution in [0.1, 0.15) is 35.3 Å². The quantitative estimate of drug-likeness (QED) is 0.339. The average Bonchev–Trinajstić information content (AvgIpc) is 3.21. The minimum atomic E-state index is -4.52. The van der Waals surface area contributed by atoms with Gasteiger partial charge in [0.15, 0.2) is 6.10 Å². The van der Waals surface area contributed by atoms with Crippen molar-refractivity contribution in [1.29, 1.82) is 0 Å². The molecule has 3 atom stereocenters. The fraction of sp³-hybridized carbons (Fsp3) is 0.393. The van der Waals surface area contributed by atoms with Gasteiger partial charge in [-0.3, -0.25) is 14.4 Å². The Morgan fingerprint density at radius 3 is 2.48 bits per heavy atom. The number of amides is 3. The molecule has 40 heavy (non-hydrogen) atoms. The molecule has 2 aromatic rings. The van der Waals surface area contributed by atoms with E-state index in [0.717, 1.165) is 11.6 Å². The monoisotopic (exact) mass is 579 g/mol. The minimum Gasteiger partial charge on any atom is -0.508 e. The van der Waals surface area contributed by atoms with Crippen molar-refractivity contribution in [3.63, 3.8) is 0 Å². The Bertz CT molecular complexity index is 1250. The van der Waals surface area contributed by atoms with Gasteiger partial charge in [-0.25, -0.2) is 0 Å². The third kappa shape index (κ3) is 7.79. The number of hydrogen-bond donors (Lipinski definition) is 4. The highest BCUT2D eigenvalue weighted by molar-refractivity contribution is 8.00. The predicted octanol–water partition coefficient (Wildman–Crippen LogP) is 3.32. The van der Waals surface area contributed by atoms with Crippen LogP contribution >= 0.6 is 11.8 Å². The zero-order valence-electron chi connectivity index (χ0n) is 22.2. The number of aromatic hydroxyl groups is 1. The normalized spacial score (nSPS) is 18.4. The number of aliphatic hydroxyl groups excluding tert-OH is 1. The van der Waals surface area contributed by atoms with Gasteiger partial charge in [-0.05, 0) is 44.9 Å². The van der Waals surface area contributed by atoms with E-state index in [4.69, 9.17) is 0 Å². The standard InChI is InChI=1S/C28H32F3N3O5S/c1-17-19(11-7-12-21(17)35)24(37)33-20(15-18-9-5-4-6-10-18)22(36)26(39)34-16-40-27(2,3)23(34)25(38)32-14-8-13-28(29,30)31/h4-13,20,22-23,35-36H,14-16H2,1-3H3,(H,32,38)(H,33,37)/t20-,22-,23+/m0/s1. The summed E-state index contributed by atoms with van der Waals surface area (Å²) >= 11 is 1.28. The molecule has 1 aliphatic heterocycles. The van der Waals surface area contributed by atoms with Crippen LogP contribution in [0.3, 0.4) is 0 Å². The van der Waals surface area contributed by atoms with Crippen LogP contribution in [-0.2, 0) is 16.0 Å². The SMILES string of the molecule is Cc1c(O)cccc1C(=O)N[C@@H](Cc1ccccc1)[C@H](O)C(=O)N1CSC(C)(C)[C@H]1C(=O)NCC=CC(F)(F)F. The second kappa shape index (κ2) is 12.8. The number of nitrogens with zero attached hydrogens (tertiary/aromatic N) is 1. The topological polar surface area (TPSA) is 119 Å². The van der Waals surface area contributed by atoms with Crippen LogP contribution in [0, 0.1) is 6.92 Å². The molecule has 8 nitrogen and oxygen atoms in total. The highest BCUT2D eigenvalue weighted by Gasteiger charge is 2.49. The van der Waals surface area contributed by atoms with Crippen molar-refractivity contribution in [2.24, 2.45) is 0 Å². The van der Waals surface area contributed by atoms with Crippen LogP contribution in [0.4, 0.5) is 13.2 Å². The van der Waals surface area contributed by atoms with Crippen molar-refractivity contribution in [2.45, 2.75) is 56.3 Å². The molecule has 0 aromatic heterocycles. The highest BCUT2D eigenvalue weighted by atomic mass is 32.2. The molecule has 216 valence electrons. The van der Waals surface area contributed by atoms with Crippen molar-refractivity contribution < 1.29 is 37.8 Å².